The second kappa shape index (κ2) is 8.87. The van der Waals surface area contributed by atoms with Crippen molar-refractivity contribution in [3.63, 3.8) is 0 Å². The van der Waals surface area contributed by atoms with E-state index >= 15 is 0 Å². The van der Waals surface area contributed by atoms with Crippen molar-refractivity contribution in [1.29, 1.82) is 0 Å². The molecular weight excluding hydrogens is 426 g/mol. The van der Waals surface area contributed by atoms with Gasteiger partial charge in [0.15, 0.2) is 0 Å². The molecule has 9 nitrogen and oxygen atoms in total. The summed E-state index contributed by atoms with van der Waals surface area (Å²) in [5.74, 6) is 1.71. The number of anilines is 3. The Labute approximate surface area is 189 Å². The molecular formula is C22H29N7O2S. The van der Waals surface area contributed by atoms with Crippen LogP contribution < -0.4 is 14.5 Å². The summed E-state index contributed by atoms with van der Waals surface area (Å²) in [7, 11) is 0.733. The molecule has 0 saturated carbocycles. The molecule has 2 aromatic heterocycles. The number of piperazine rings is 1. The van der Waals surface area contributed by atoms with Crippen LogP contribution in [0.15, 0.2) is 36.5 Å². The first-order valence-corrected chi connectivity index (χ1v) is 12.4. The molecule has 170 valence electrons. The predicted octanol–water partition coefficient (Wildman–Crippen LogP) is 2.09. The lowest BCUT2D eigenvalue weighted by atomic mass is 10.1. The summed E-state index contributed by atoms with van der Waals surface area (Å²) in [5, 5.41) is 0.749. The van der Waals surface area contributed by atoms with Gasteiger partial charge in [-0.2, -0.15) is 0 Å². The smallest absolute Gasteiger partial charge is 0.229 e. The molecule has 0 bridgehead atoms. The highest BCUT2D eigenvalue weighted by molar-refractivity contribution is 7.92. The van der Waals surface area contributed by atoms with Gasteiger partial charge in [0.1, 0.15) is 11.6 Å². The van der Waals surface area contributed by atoms with Crippen LogP contribution in [-0.4, -0.2) is 74.8 Å². The van der Waals surface area contributed by atoms with E-state index in [-0.39, 0.29) is 0 Å². The zero-order chi connectivity index (χ0) is 22.9. The SMILES string of the molecule is Cc1nc(CN(C)c2ccc(NS(C)(=O)=O)c3cccnc23)cc(N2CCN(C)CC2)n1. The maximum absolute atomic E-state index is 11.8. The number of likely N-dealkylation sites (N-methyl/N-ethyl adjacent to an activating group) is 1. The zero-order valence-corrected chi connectivity index (χ0v) is 19.7. The molecule has 0 amide bonds. The lowest BCUT2D eigenvalue weighted by Crippen LogP contribution is -2.45. The van der Waals surface area contributed by atoms with Crippen molar-refractivity contribution >= 4 is 38.1 Å². The van der Waals surface area contributed by atoms with Crippen LogP contribution in [0.2, 0.25) is 0 Å². The first-order chi connectivity index (χ1) is 15.2. The van der Waals surface area contributed by atoms with Crippen LogP contribution in [0.1, 0.15) is 11.5 Å². The molecule has 1 saturated heterocycles. The van der Waals surface area contributed by atoms with Gasteiger partial charge >= 0.3 is 0 Å². The second-order valence-electron chi connectivity index (χ2n) is 8.32. The molecule has 3 aromatic rings. The monoisotopic (exact) mass is 455 g/mol. The van der Waals surface area contributed by atoms with Gasteiger partial charge in [-0.05, 0) is 38.2 Å². The van der Waals surface area contributed by atoms with Gasteiger partial charge in [-0.15, -0.1) is 0 Å². The number of rotatable bonds is 6. The highest BCUT2D eigenvalue weighted by atomic mass is 32.2. The van der Waals surface area contributed by atoms with Gasteiger partial charge < -0.3 is 14.7 Å². The van der Waals surface area contributed by atoms with E-state index in [0.717, 1.165) is 66.4 Å². The molecule has 3 heterocycles. The van der Waals surface area contributed by atoms with Crippen LogP contribution in [-0.2, 0) is 16.6 Å². The van der Waals surface area contributed by atoms with E-state index in [1.807, 2.05) is 26.1 Å². The van der Waals surface area contributed by atoms with Gasteiger partial charge in [0.2, 0.25) is 10.0 Å². The maximum atomic E-state index is 11.8. The molecule has 0 unspecified atom stereocenters. The lowest BCUT2D eigenvalue weighted by molar-refractivity contribution is 0.312. The Bertz CT molecular complexity index is 1220. The molecule has 0 radical (unpaired) electrons. The van der Waals surface area contributed by atoms with E-state index in [1.165, 1.54) is 0 Å². The Morgan fingerprint density at radius 1 is 1.12 bits per heavy atom. The Morgan fingerprint density at radius 3 is 2.59 bits per heavy atom. The van der Waals surface area contributed by atoms with Crippen molar-refractivity contribution in [3.8, 4) is 0 Å². The Kier molecular flexibility index (Phi) is 6.16. The summed E-state index contributed by atoms with van der Waals surface area (Å²) in [6.45, 7) is 6.44. The predicted molar refractivity (Wildman–Crippen MR) is 129 cm³/mol. The summed E-state index contributed by atoms with van der Waals surface area (Å²) in [6.07, 6.45) is 2.86. The Hall–Kier alpha value is -2.98. The maximum Gasteiger partial charge on any atom is 0.229 e. The van der Waals surface area contributed by atoms with Crippen molar-refractivity contribution < 1.29 is 8.42 Å². The molecule has 0 spiro atoms. The molecule has 1 fully saturated rings. The quantitative estimate of drug-likeness (QED) is 0.604. The Balaban J connectivity index is 1.62. The number of sulfonamides is 1. The standard InChI is InChI=1S/C22H29N7O2S/c1-16-24-17(14-21(25-16)29-12-10-27(2)11-13-29)15-28(3)20-8-7-19(26-32(4,30)31)18-6-5-9-23-22(18)20/h5-9,14,26H,10-13,15H2,1-4H3. The summed E-state index contributed by atoms with van der Waals surface area (Å²) < 4.78 is 26.1. The fourth-order valence-corrected chi connectivity index (χ4v) is 4.55. The lowest BCUT2D eigenvalue weighted by Gasteiger charge is -2.33. The fraction of sp³-hybridized carbons (Fsp3) is 0.409. The van der Waals surface area contributed by atoms with E-state index in [2.05, 4.69) is 47.5 Å². The number of fused-ring (bicyclic) bond motifs is 1. The van der Waals surface area contributed by atoms with Gasteiger partial charge in [-0.3, -0.25) is 9.71 Å². The van der Waals surface area contributed by atoms with Gasteiger partial charge in [0.05, 0.1) is 35.4 Å². The average Bonchev–Trinajstić information content (AvgIpc) is 2.73. The van der Waals surface area contributed by atoms with Crippen molar-refractivity contribution in [2.75, 3.05) is 61.1 Å². The van der Waals surface area contributed by atoms with Crippen molar-refractivity contribution in [3.05, 3.63) is 48.0 Å². The molecule has 1 aliphatic heterocycles. The highest BCUT2D eigenvalue weighted by Gasteiger charge is 2.18. The van der Waals surface area contributed by atoms with E-state index in [0.29, 0.717) is 12.2 Å². The van der Waals surface area contributed by atoms with Crippen LogP contribution in [0.4, 0.5) is 17.2 Å². The minimum Gasteiger partial charge on any atom is -0.367 e. The summed E-state index contributed by atoms with van der Waals surface area (Å²) in [6, 6.07) is 9.39. The molecule has 4 rings (SSSR count). The third-order valence-electron chi connectivity index (χ3n) is 5.56. The van der Waals surface area contributed by atoms with Crippen LogP contribution in [0.25, 0.3) is 10.9 Å². The third-order valence-corrected chi connectivity index (χ3v) is 6.15. The second-order valence-corrected chi connectivity index (χ2v) is 10.1. The van der Waals surface area contributed by atoms with Crippen LogP contribution in [0, 0.1) is 6.92 Å². The first-order valence-electron chi connectivity index (χ1n) is 10.5. The zero-order valence-electron chi connectivity index (χ0n) is 18.9. The fourth-order valence-electron chi connectivity index (χ4n) is 3.97. The number of nitrogens with one attached hydrogen (secondary N) is 1. The summed E-state index contributed by atoms with van der Waals surface area (Å²) in [4.78, 5) is 20.5. The third kappa shape index (κ3) is 5.08. The molecule has 0 aliphatic carbocycles. The van der Waals surface area contributed by atoms with E-state index < -0.39 is 10.0 Å². The van der Waals surface area contributed by atoms with Crippen molar-refractivity contribution in [2.24, 2.45) is 0 Å². The van der Waals surface area contributed by atoms with E-state index in [4.69, 9.17) is 0 Å². The molecule has 1 N–H and O–H groups in total. The van der Waals surface area contributed by atoms with Crippen molar-refractivity contribution in [1.82, 2.24) is 19.9 Å². The minimum absolute atomic E-state index is 0.517. The van der Waals surface area contributed by atoms with Gasteiger partial charge in [-0.1, -0.05) is 0 Å². The number of hydrogen-bond donors (Lipinski definition) is 1. The van der Waals surface area contributed by atoms with Crippen LogP contribution >= 0.6 is 0 Å². The number of pyridine rings is 1. The largest absolute Gasteiger partial charge is 0.367 e. The molecule has 0 atom stereocenters. The topological polar surface area (TPSA) is 94.6 Å². The van der Waals surface area contributed by atoms with Gasteiger partial charge in [0.25, 0.3) is 0 Å². The van der Waals surface area contributed by atoms with Crippen molar-refractivity contribution in [2.45, 2.75) is 13.5 Å². The number of benzene rings is 1. The van der Waals surface area contributed by atoms with E-state index in [1.54, 1.807) is 18.3 Å². The highest BCUT2D eigenvalue weighted by Crippen LogP contribution is 2.31. The number of nitrogens with zero attached hydrogens (tertiary/aromatic N) is 6. The van der Waals surface area contributed by atoms with Crippen LogP contribution in [0.3, 0.4) is 0 Å². The summed E-state index contributed by atoms with van der Waals surface area (Å²) in [5.41, 5.74) is 3.07. The Morgan fingerprint density at radius 2 is 1.88 bits per heavy atom. The van der Waals surface area contributed by atoms with Gasteiger partial charge in [0, 0.05) is 50.9 Å². The number of aryl methyl sites for hydroxylation is 1. The van der Waals surface area contributed by atoms with Crippen LogP contribution in [0.5, 0.6) is 0 Å². The average molecular weight is 456 g/mol. The minimum atomic E-state index is -3.39. The first kappa shape index (κ1) is 22.2. The molecule has 10 heteroatoms. The normalized spacial score (nSPS) is 15.2. The number of aromatic nitrogens is 3. The van der Waals surface area contributed by atoms with Gasteiger partial charge in [-0.25, -0.2) is 18.4 Å². The molecule has 1 aliphatic rings. The number of hydrogen-bond acceptors (Lipinski definition) is 8. The summed E-state index contributed by atoms with van der Waals surface area (Å²) >= 11 is 0. The van der Waals surface area contributed by atoms with E-state index in [9.17, 15) is 8.42 Å². The molecule has 1 aromatic carbocycles. The molecule has 32 heavy (non-hydrogen) atoms.